The molecule has 0 saturated carbocycles. The fourth-order valence-corrected chi connectivity index (χ4v) is 6.18. The molecule has 6 aromatic rings. The minimum Gasteiger partial charge on any atom is -0.488 e. The first-order chi connectivity index (χ1) is 22.5. The molecule has 1 heterocycles. The largest absolute Gasteiger partial charge is 0.488 e. The smallest absolute Gasteiger partial charge is 0.253 e. The molecule has 0 spiro atoms. The molecule has 1 amide bonds. The average Bonchev–Trinajstić information content (AvgIpc) is 3.49. The Morgan fingerprint density at radius 1 is 0.935 bits per heavy atom. The number of nitrogens with zero attached hydrogens (tertiary/aromatic N) is 4. The Bertz CT molecular complexity index is 1980. The van der Waals surface area contributed by atoms with E-state index in [1.54, 1.807) is 6.21 Å². The van der Waals surface area contributed by atoms with Crippen molar-refractivity contribution in [1.82, 2.24) is 20.2 Å². The Balaban J connectivity index is 1.13. The number of rotatable bonds is 12. The van der Waals surface area contributed by atoms with Gasteiger partial charge >= 0.3 is 0 Å². The standard InChI is InChI=1S/C36H31BrN6O2S/c1-25(35(44)41-39-22-28-13-6-8-20-33(28)45-24-26-11-9-15-29(37)21-26)46-36-42-40-34(43(36)30-16-3-2-4-17-30)23-38-32-19-10-14-27-12-5-7-18-31(27)32/h2-22,25,38H,23-24H2,1H3,(H,41,44)/t25-/m0/s1. The van der Waals surface area contributed by atoms with Crippen molar-refractivity contribution in [3.8, 4) is 11.4 Å². The number of benzene rings is 5. The van der Waals surface area contributed by atoms with Crippen molar-refractivity contribution in [2.75, 3.05) is 5.32 Å². The van der Waals surface area contributed by atoms with E-state index in [9.17, 15) is 4.79 Å². The number of aromatic nitrogens is 3. The normalized spacial score (nSPS) is 11.9. The summed E-state index contributed by atoms with van der Waals surface area (Å²) < 4.78 is 9.01. The van der Waals surface area contributed by atoms with Crippen LogP contribution in [0.3, 0.4) is 0 Å². The van der Waals surface area contributed by atoms with Crippen LogP contribution in [0.5, 0.6) is 5.75 Å². The van der Waals surface area contributed by atoms with Gasteiger partial charge in [0, 0.05) is 26.8 Å². The van der Waals surface area contributed by atoms with Crippen LogP contribution < -0.4 is 15.5 Å². The van der Waals surface area contributed by atoms with Crippen LogP contribution in [0.15, 0.2) is 136 Å². The van der Waals surface area contributed by atoms with Crippen molar-refractivity contribution >= 4 is 56.3 Å². The predicted molar refractivity (Wildman–Crippen MR) is 189 cm³/mol. The Kier molecular flexibility index (Phi) is 10.1. The lowest BCUT2D eigenvalue weighted by Gasteiger charge is -2.14. The van der Waals surface area contributed by atoms with Gasteiger partial charge in [0.05, 0.1) is 18.0 Å². The zero-order valence-electron chi connectivity index (χ0n) is 25.0. The number of hydrazone groups is 1. The maximum absolute atomic E-state index is 13.1. The minimum absolute atomic E-state index is 0.258. The van der Waals surface area contributed by atoms with Crippen LogP contribution in [0.25, 0.3) is 16.5 Å². The lowest BCUT2D eigenvalue weighted by Crippen LogP contribution is -2.27. The predicted octanol–water partition coefficient (Wildman–Crippen LogP) is 8.01. The van der Waals surface area contributed by atoms with Gasteiger partial charge in [0.25, 0.3) is 5.91 Å². The first kappa shape index (κ1) is 31.1. The molecule has 1 aromatic heterocycles. The number of nitrogens with one attached hydrogen (secondary N) is 2. The van der Waals surface area contributed by atoms with Crippen LogP contribution in [0, 0.1) is 0 Å². The number of thioether (sulfide) groups is 1. The van der Waals surface area contributed by atoms with E-state index in [2.05, 4.69) is 66.2 Å². The Labute approximate surface area is 280 Å². The zero-order chi connectivity index (χ0) is 31.7. The first-order valence-electron chi connectivity index (χ1n) is 14.7. The summed E-state index contributed by atoms with van der Waals surface area (Å²) >= 11 is 4.81. The van der Waals surface area contributed by atoms with E-state index >= 15 is 0 Å². The molecular formula is C36H31BrN6O2S. The van der Waals surface area contributed by atoms with Gasteiger partial charge in [-0.05, 0) is 60.3 Å². The highest BCUT2D eigenvalue weighted by atomic mass is 79.9. The molecule has 10 heteroatoms. The highest BCUT2D eigenvalue weighted by Gasteiger charge is 2.21. The van der Waals surface area contributed by atoms with Gasteiger partial charge in [0.15, 0.2) is 11.0 Å². The fourth-order valence-electron chi connectivity index (χ4n) is 4.86. The number of halogens is 1. The van der Waals surface area contributed by atoms with Crippen molar-refractivity contribution in [2.45, 2.75) is 30.5 Å². The van der Waals surface area contributed by atoms with Crippen molar-refractivity contribution in [1.29, 1.82) is 0 Å². The van der Waals surface area contributed by atoms with Crippen molar-refractivity contribution in [2.24, 2.45) is 5.10 Å². The summed E-state index contributed by atoms with van der Waals surface area (Å²) in [6.45, 7) is 2.68. The van der Waals surface area contributed by atoms with Gasteiger partial charge in [0.1, 0.15) is 12.4 Å². The summed E-state index contributed by atoms with van der Waals surface area (Å²) in [6.07, 6.45) is 1.59. The monoisotopic (exact) mass is 690 g/mol. The summed E-state index contributed by atoms with van der Waals surface area (Å²) in [7, 11) is 0. The number of anilines is 1. The van der Waals surface area contributed by atoms with Crippen LogP contribution in [-0.2, 0) is 17.9 Å². The lowest BCUT2D eigenvalue weighted by atomic mass is 10.1. The van der Waals surface area contributed by atoms with Gasteiger partial charge in [-0.3, -0.25) is 9.36 Å². The molecule has 0 aliphatic heterocycles. The van der Waals surface area contributed by atoms with Crippen molar-refractivity contribution in [3.63, 3.8) is 0 Å². The second kappa shape index (κ2) is 14.9. The summed E-state index contributed by atoms with van der Waals surface area (Å²) in [5.41, 5.74) is 6.39. The van der Waals surface area contributed by atoms with E-state index in [0.29, 0.717) is 24.1 Å². The molecule has 0 aliphatic rings. The molecular weight excluding hydrogens is 660 g/mol. The lowest BCUT2D eigenvalue weighted by molar-refractivity contribution is -0.120. The molecule has 6 rings (SSSR count). The van der Waals surface area contributed by atoms with Crippen LogP contribution in [0.4, 0.5) is 5.69 Å². The maximum atomic E-state index is 13.1. The molecule has 0 radical (unpaired) electrons. The average molecular weight is 692 g/mol. The van der Waals surface area contributed by atoms with Gasteiger partial charge in [0.2, 0.25) is 0 Å². The number of fused-ring (bicyclic) bond motifs is 1. The van der Waals surface area contributed by atoms with Crippen molar-refractivity contribution < 1.29 is 9.53 Å². The first-order valence-corrected chi connectivity index (χ1v) is 16.4. The molecule has 0 bridgehead atoms. The molecule has 230 valence electrons. The summed E-state index contributed by atoms with van der Waals surface area (Å²) in [4.78, 5) is 13.1. The van der Waals surface area contributed by atoms with E-state index in [-0.39, 0.29) is 5.91 Å². The Hall–Kier alpha value is -4.93. The van der Waals surface area contributed by atoms with E-state index in [1.807, 2.05) is 109 Å². The van der Waals surface area contributed by atoms with Gasteiger partial charge in [-0.1, -0.05) is 107 Å². The van der Waals surface area contributed by atoms with Crippen LogP contribution in [0.1, 0.15) is 23.9 Å². The number of hydrogen-bond donors (Lipinski definition) is 2. The van der Waals surface area contributed by atoms with Gasteiger partial charge in [-0.15, -0.1) is 10.2 Å². The maximum Gasteiger partial charge on any atom is 0.253 e. The molecule has 0 unspecified atom stereocenters. The van der Waals surface area contributed by atoms with E-state index in [0.717, 1.165) is 43.6 Å². The number of amides is 1. The molecule has 1 atom stereocenters. The Morgan fingerprint density at radius 2 is 1.70 bits per heavy atom. The zero-order valence-corrected chi connectivity index (χ0v) is 27.4. The summed E-state index contributed by atoms with van der Waals surface area (Å²) in [5, 5.41) is 19.2. The third-order valence-electron chi connectivity index (χ3n) is 7.17. The molecule has 5 aromatic carbocycles. The van der Waals surface area contributed by atoms with E-state index < -0.39 is 5.25 Å². The SMILES string of the molecule is C[C@H](Sc1nnc(CNc2cccc3ccccc23)n1-c1ccccc1)C(=O)NN=Cc1ccccc1OCc1cccc(Br)c1. The van der Waals surface area contributed by atoms with Gasteiger partial charge in [-0.2, -0.15) is 5.10 Å². The van der Waals surface area contributed by atoms with Crippen LogP contribution in [0.2, 0.25) is 0 Å². The number of carbonyl (C=O) groups excluding carboxylic acids is 1. The topological polar surface area (TPSA) is 93.4 Å². The van der Waals surface area contributed by atoms with Crippen LogP contribution in [-0.4, -0.2) is 32.1 Å². The van der Waals surface area contributed by atoms with Crippen LogP contribution >= 0.6 is 27.7 Å². The van der Waals surface area contributed by atoms with E-state index in [4.69, 9.17) is 4.74 Å². The second-order valence-corrected chi connectivity index (χ2v) is 12.6. The second-order valence-electron chi connectivity index (χ2n) is 10.4. The number of hydrogen-bond acceptors (Lipinski definition) is 7. The quantitative estimate of drug-likeness (QED) is 0.0768. The van der Waals surface area contributed by atoms with Gasteiger partial charge < -0.3 is 10.1 Å². The highest BCUT2D eigenvalue weighted by Crippen LogP contribution is 2.28. The number of carbonyl (C=O) groups is 1. The minimum atomic E-state index is -0.495. The third kappa shape index (κ3) is 7.64. The molecule has 2 N–H and O–H groups in total. The third-order valence-corrected chi connectivity index (χ3v) is 8.71. The molecule has 8 nitrogen and oxygen atoms in total. The fraction of sp³-hybridized carbons (Fsp3) is 0.111. The summed E-state index contributed by atoms with van der Waals surface area (Å²) in [5.74, 6) is 1.14. The highest BCUT2D eigenvalue weighted by molar-refractivity contribution is 9.10. The molecule has 0 saturated heterocycles. The van der Waals surface area contributed by atoms with Crippen molar-refractivity contribution in [3.05, 3.63) is 143 Å². The number of para-hydroxylation sites is 2. The molecule has 46 heavy (non-hydrogen) atoms. The van der Waals surface area contributed by atoms with Gasteiger partial charge in [-0.25, -0.2) is 5.43 Å². The molecule has 0 aliphatic carbocycles. The Morgan fingerprint density at radius 3 is 2.57 bits per heavy atom. The van der Waals surface area contributed by atoms with E-state index in [1.165, 1.54) is 11.8 Å². The summed E-state index contributed by atoms with van der Waals surface area (Å²) in [6, 6.07) is 39.9. The molecule has 0 fully saturated rings. The number of ether oxygens (including phenoxy) is 1.